The van der Waals surface area contributed by atoms with Crippen molar-refractivity contribution in [2.45, 2.75) is 40.2 Å². The minimum Gasteiger partial charge on any atom is -0.478 e. The number of aliphatic carboxylic acids is 1. The van der Waals surface area contributed by atoms with E-state index in [-0.39, 0.29) is 0 Å². The Bertz CT molecular complexity index is 669. The van der Waals surface area contributed by atoms with E-state index in [1.165, 1.54) is 5.56 Å². The standard InChI is InChI=1S/C19H22O3/c1-12-7-13(2)9-17(8-12)22-18(19(20)21)11-16-6-5-14(3)15(4)10-16/h5-10,18H,11H2,1-4H3,(H,20,21). The highest BCUT2D eigenvalue weighted by atomic mass is 16.5. The van der Waals surface area contributed by atoms with Crippen LogP contribution in [0.2, 0.25) is 0 Å². The average molecular weight is 298 g/mol. The predicted molar refractivity (Wildman–Crippen MR) is 87.6 cm³/mol. The lowest BCUT2D eigenvalue weighted by Crippen LogP contribution is -2.29. The molecule has 2 rings (SSSR count). The molecule has 22 heavy (non-hydrogen) atoms. The van der Waals surface area contributed by atoms with Gasteiger partial charge in [-0.2, -0.15) is 0 Å². The van der Waals surface area contributed by atoms with Crippen LogP contribution in [0, 0.1) is 27.7 Å². The fourth-order valence-electron chi connectivity index (χ4n) is 2.49. The van der Waals surface area contributed by atoms with E-state index in [0.29, 0.717) is 12.2 Å². The lowest BCUT2D eigenvalue weighted by atomic mass is 10.0. The highest BCUT2D eigenvalue weighted by molar-refractivity contribution is 5.73. The Morgan fingerprint density at radius 3 is 2.18 bits per heavy atom. The molecule has 0 amide bonds. The summed E-state index contributed by atoms with van der Waals surface area (Å²) < 4.78 is 5.71. The largest absolute Gasteiger partial charge is 0.478 e. The zero-order valence-corrected chi connectivity index (χ0v) is 13.5. The van der Waals surface area contributed by atoms with E-state index in [2.05, 4.69) is 0 Å². The first kappa shape index (κ1) is 16.1. The minimum atomic E-state index is -0.947. The van der Waals surface area contributed by atoms with E-state index in [1.807, 2.05) is 64.1 Å². The van der Waals surface area contributed by atoms with Crippen LogP contribution in [0.5, 0.6) is 5.75 Å². The summed E-state index contributed by atoms with van der Waals surface area (Å²) >= 11 is 0. The molecule has 116 valence electrons. The molecule has 0 aliphatic heterocycles. The Morgan fingerprint density at radius 1 is 1.00 bits per heavy atom. The molecule has 0 radical (unpaired) electrons. The fourth-order valence-corrected chi connectivity index (χ4v) is 2.49. The van der Waals surface area contributed by atoms with Gasteiger partial charge < -0.3 is 9.84 Å². The van der Waals surface area contributed by atoms with Gasteiger partial charge in [-0.1, -0.05) is 24.3 Å². The molecule has 0 aromatic heterocycles. The van der Waals surface area contributed by atoms with Crippen molar-refractivity contribution in [1.82, 2.24) is 0 Å². The van der Waals surface area contributed by atoms with Crippen LogP contribution in [-0.2, 0) is 11.2 Å². The number of carbonyl (C=O) groups is 1. The van der Waals surface area contributed by atoms with Crippen LogP contribution in [0.15, 0.2) is 36.4 Å². The van der Waals surface area contributed by atoms with Gasteiger partial charge in [-0.3, -0.25) is 0 Å². The maximum absolute atomic E-state index is 11.5. The highest BCUT2D eigenvalue weighted by Crippen LogP contribution is 2.20. The number of benzene rings is 2. The molecule has 0 bridgehead atoms. The van der Waals surface area contributed by atoms with Gasteiger partial charge >= 0.3 is 5.97 Å². The highest BCUT2D eigenvalue weighted by Gasteiger charge is 2.20. The average Bonchev–Trinajstić information content (AvgIpc) is 2.41. The van der Waals surface area contributed by atoms with Crippen LogP contribution >= 0.6 is 0 Å². The number of hydrogen-bond acceptors (Lipinski definition) is 2. The van der Waals surface area contributed by atoms with Crippen molar-refractivity contribution in [2.24, 2.45) is 0 Å². The van der Waals surface area contributed by atoms with Gasteiger partial charge in [-0.15, -0.1) is 0 Å². The lowest BCUT2D eigenvalue weighted by molar-refractivity contribution is -0.145. The molecule has 0 fully saturated rings. The topological polar surface area (TPSA) is 46.5 Å². The van der Waals surface area contributed by atoms with E-state index >= 15 is 0 Å². The second kappa shape index (κ2) is 6.65. The van der Waals surface area contributed by atoms with E-state index in [1.54, 1.807) is 0 Å². The monoisotopic (exact) mass is 298 g/mol. The predicted octanol–water partition coefficient (Wildman–Crippen LogP) is 3.99. The molecule has 0 saturated carbocycles. The SMILES string of the molecule is Cc1cc(C)cc(OC(Cc2ccc(C)c(C)c2)C(=O)O)c1. The molecule has 0 heterocycles. The van der Waals surface area contributed by atoms with Crippen LogP contribution in [0.4, 0.5) is 0 Å². The van der Waals surface area contributed by atoms with Crippen molar-refractivity contribution in [3.63, 3.8) is 0 Å². The zero-order valence-electron chi connectivity index (χ0n) is 13.5. The minimum absolute atomic E-state index is 0.351. The van der Waals surface area contributed by atoms with E-state index in [9.17, 15) is 9.90 Å². The van der Waals surface area contributed by atoms with Crippen molar-refractivity contribution in [2.75, 3.05) is 0 Å². The third kappa shape index (κ3) is 4.10. The number of ether oxygens (including phenoxy) is 1. The summed E-state index contributed by atoms with van der Waals surface area (Å²) in [6.07, 6.45) is -0.535. The van der Waals surface area contributed by atoms with Gasteiger partial charge in [0.15, 0.2) is 6.10 Å². The number of aryl methyl sites for hydroxylation is 4. The van der Waals surface area contributed by atoms with Crippen LogP contribution in [-0.4, -0.2) is 17.2 Å². The van der Waals surface area contributed by atoms with Gasteiger partial charge in [-0.25, -0.2) is 4.79 Å². The van der Waals surface area contributed by atoms with Gasteiger partial charge in [0.2, 0.25) is 0 Å². The Kier molecular flexibility index (Phi) is 4.86. The lowest BCUT2D eigenvalue weighted by Gasteiger charge is -2.17. The van der Waals surface area contributed by atoms with Crippen molar-refractivity contribution in [3.8, 4) is 5.75 Å². The van der Waals surface area contributed by atoms with Crippen molar-refractivity contribution < 1.29 is 14.6 Å². The third-order valence-electron chi connectivity index (χ3n) is 3.74. The van der Waals surface area contributed by atoms with Crippen LogP contribution in [0.1, 0.15) is 27.8 Å². The summed E-state index contributed by atoms with van der Waals surface area (Å²) in [5.41, 5.74) is 5.45. The molecule has 1 unspecified atom stereocenters. The molecular weight excluding hydrogens is 276 g/mol. The number of carboxylic acid groups (broad SMARTS) is 1. The van der Waals surface area contributed by atoms with Gasteiger partial charge in [0, 0.05) is 6.42 Å². The molecule has 3 heteroatoms. The molecule has 1 N–H and O–H groups in total. The summed E-state index contributed by atoms with van der Waals surface area (Å²) in [7, 11) is 0. The van der Waals surface area contributed by atoms with Gasteiger partial charge in [-0.05, 0) is 67.6 Å². The molecule has 0 aliphatic rings. The molecule has 1 atom stereocenters. The summed E-state index contributed by atoms with van der Waals surface area (Å²) in [5.74, 6) is -0.342. The van der Waals surface area contributed by atoms with Crippen LogP contribution < -0.4 is 4.74 Å². The first-order valence-electron chi connectivity index (χ1n) is 7.39. The summed E-state index contributed by atoms with van der Waals surface area (Å²) in [6.45, 7) is 8.01. The van der Waals surface area contributed by atoms with Crippen LogP contribution in [0.25, 0.3) is 0 Å². The molecule has 0 saturated heterocycles. The van der Waals surface area contributed by atoms with E-state index in [0.717, 1.165) is 22.3 Å². The quantitative estimate of drug-likeness (QED) is 0.907. The Balaban J connectivity index is 2.19. The van der Waals surface area contributed by atoms with Gasteiger partial charge in [0.25, 0.3) is 0 Å². The second-order valence-electron chi connectivity index (χ2n) is 5.89. The van der Waals surface area contributed by atoms with Crippen LogP contribution in [0.3, 0.4) is 0 Å². The van der Waals surface area contributed by atoms with Gasteiger partial charge in [0.05, 0.1) is 0 Å². The fraction of sp³-hybridized carbons (Fsp3) is 0.316. The molecule has 2 aromatic carbocycles. The maximum atomic E-state index is 11.5. The van der Waals surface area contributed by atoms with Crippen molar-refractivity contribution >= 4 is 5.97 Å². The third-order valence-corrected chi connectivity index (χ3v) is 3.74. The smallest absolute Gasteiger partial charge is 0.345 e. The van der Waals surface area contributed by atoms with Crippen molar-refractivity contribution in [1.29, 1.82) is 0 Å². The van der Waals surface area contributed by atoms with Gasteiger partial charge in [0.1, 0.15) is 5.75 Å². The Morgan fingerprint density at radius 2 is 1.64 bits per heavy atom. The second-order valence-corrected chi connectivity index (χ2v) is 5.89. The summed E-state index contributed by atoms with van der Waals surface area (Å²) in [6, 6.07) is 11.8. The number of carboxylic acids is 1. The Hall–Kier alpha value is -2.29. The van der Waals surface area contributed by atoms with E-state index in [4.69, 9.17) is 4.74 Å². The molecule has 3 nitrogen and oxygen atoms in total. The summed E-state index contributed by atoms with van der Waals surface area (Å²) in [4.78, 5) is 11.5. The normalized spacial score (nSPS) is 12.0. The molecular formula is C19H22O3. The van der Waals surface area contributed by atoms with E-state index < -0.39 is 12.1 Å². The number of rotatable bonds is 5. The van der Waals surface area contributed by atoms with Crippen molar-refractivity contribution in [3.05, 3.63) is 64.2 Å². The Labute approximate surface area is 131 Å². The molecule has 2 aromatic rings. The first-order valence-corrected chi connectivity index (χ1v) is 7.39. The summed E-state index contributed by atoms with van der Waals surface area (Å²) in [5, 5.41) is 9.43. The maximum Gasteiger partial charge on any atom is 0.345 e. The first-order chi connectivity index (χ1) is 10.3. The molecule has 0 spiro atoms. The zero-order chi connectivity index (χ0) is 16.3. The number of hydrogen-bond donors (Lipinski definition) is 1. The molecule has 0 aliphatic carbocycles.